The first-order valence-corrected chi connectivity index (χ1v) is 27.7. The summed E-state index contributed by atoms with van der Waals surface area (Å²) in [6.07, 6.45) is 3.18. The number of carbonyl (C=O) groups excluding carboxylic acids is 9. The second-order valence-corrected chi connectivity index (χ2v) is 21.6. The molecule has 5 heterocycles. The van der Waals surface area contributed by atoms with Crippen LogP contribution >= 0.6 is 0 Å². The fraction of sp³-hybridized carbons (Fsp3) is 0.508. The third-order valence-electron chi connectivity index (χ3n) is 16.0. The van der Waals surface area contributed by atoms with Gasteiger partial charge < -0.3 is 35.5 Å². The maximum Gasteiger partial charge on any atom is 0.343 e. The van der Waals surface area contributed by atoms with Crippen LogP contribution in [0.2, 0.25) is 0 Å². The number of hydrogen-bond acceptors (Lipinski definition) is 15. The van der Waals surface area contributed by atoms with Gasteiger partial charge in [-0.3, -0.25) is 53.0 Å². The number of nitrogens with one attached hydrogen (secondary N) is 3. The van der Waals surface area contributed by atoms with Gasteiger partial charge in [-0.2, -0.15) is 0 Å². The highest BCUT2D eigenvalue weighted by atomic mass is 19.1. The average molecular weight is 1100 g/mol. The second kappa shape index (κ2) is 25.8. The molecule has 2 aromatic carbocycles. The Hall–Kier alpha value is -7.36. The van der Waals surface area contributed by atoms with Gasteiger partial charge in [0, 0.05) is 86.0 Å². The van der Waals surface area contributed by atoms with Crippen LogP contribution in [0, 0.1) is 24.6 Å². The first-order chi connectivity index (χ1) is 38.3. The van der Waals surface area contributed by atoms with E-state index in [-0.39, 0.29) is 157 Å². The number of esters is 1. The van der Waals surface area contributed by atoms with Crippen molar-refractivity contribution in [3.8, 4) is 11.4 Å². The maximum atomic E-state index is 15.5. The minimum atomic E-state index is -2.05. The highest BCUT2D eigenvalue weighted by molar-refractivity contribution is 6.03. The van der Waals surface area contributed by atoms with Crippen LogP contribution in [0.25, 0.3) is 22.3 Å². The SMILES string of the molecule is CC[C@@]1(O)C(=O)OCc2c1cc1n(c2=O)Cc2c-1nc1cc(F)c(C)c3c1c2[C@@H](NC(=O)CN(CCO)CCCC(=O)CNC(=O)[C@@H](CC(=O)CNC(=O)CCC(=O)CCCCCN1C(=O)CC(C)C1=O)Cc1ccccc1)CC3. The highest BCUT2D eigenvalue weighted by Crippen LogP contribution is 2.46. The quantitative estimate of drug-likeness (QED) is 0.0272. The van der Waals surface area contributed by atoms with E-state index in [1.807, 2.05) is 18.2 Å². The number of pyridine rings is 2. The van der Waals surface area contributed by atoms with Crippen LogP contribution < -0.4 is 21.5 Å². The smallest absolute Gasteiger partial charge is 0.343 e. The minimum absolute atomic E-state index is 0.0119. The molecule has 0 radical (unpaired) electrons. The van der Waals surface area contributed by atoms with E-state index in [1.165, 1.54) is 15.5 Å². The van der Waals surface area contributed by atoms with E-state index < -0.39 is 52.5 Å². The summed E-state index contributed by atoms with van der Waals surface area (Å²) >= 11 is 0. The van der Waals surface area contributed by atoms with Crippen molar-refractivity contribution in [2.75, 3.05) is 45.9 Å². The summed E-state index contributed by atoms with van der Waals surface area (Å²) < 4.78 is 22.2. The summed E-state index contributed by atoms with van der Waals surface area (Å²) in [6, 6.07) is 11.4. The summed E-state index contributed by atoms with van der Waals surface area (Å²) in [5.41, 5.74) is 2.15. The molecule has 1 unspecified atom stereocenters. The number of aryl methyl sites for hydroxylation is 1. The maximum absolute atomic E-state index is 15.5. The monoisotopic (exact) mass is 1100 g/mol. The molecule has 8 rings (SSSR count). The van der Waals surface area contributed by atoms with Crippen LogP contribution in [0.1, 0.15) is 136 Å². The van der Waals surface area contributed by atoms with Crippen molar-refractivity contribution in [1.29, 1.82) is 0 Å². The van der Waals surface area contributed by atoms with Gasteiger partial charge in [0.2, 0.25) is 29.5 Å². The first-order valence-electron chi connectivity index (χ1n) is 27.7. The molecule has 80 heavy (non-hydrogen) atoms. The summed E-state index contributed by atoms with van der Waals surface area (Å²) in [4.78, 5) is 138. The summed E-state index contributed by atoms with van der Waals surface area (Å²) in [5, 5.41) is 30.4. The minimum Gasteiger partial charge on any atom is -0.458 e. The van der Waals surface area contributed by atoms with Crippen LogP contribution in [0.3, 0.4) is 0 Å². The molecule has 4 aromatic rings. The Labute approximate surface area is 462 Å². The molecule has 1 fully saturated rings. The lowest BCUT2D eigenvalue weighted by atomic mass is 9.81. The zero-order valence-electron chi connectivity index (χ0n) is 45.6. The normalized spacial score (nSPS) is 18.4. The number of rotatable bonds is 28. The van der Waals surface area contributed by atoms with E-state index in [9.17, 15) is 58.2 Å². The Bertz CT molecular complexity index is 3180. The number of aromatic nitrogens is 2. The lowest BCUT2D eigenvalue weighted by molar-refractivity contribution is -0.172. The average Bonchev–Trinajstić information content (AvgIpc) is 4.14. The molecule has 1 saturated heterocycles. The number of halogens is 1. The van der Waals surface area contributed by atoms with Crippen LogP contribution in [0.5, 0.6) is 0 Å². The lowest BCUT2D eigenvalue weighted by Crippen LogP contribution is -2.44. The molecule has 3 aliphatic heterocycles. The van der Waals surface area contributed by atoms with Gasteiger partial charge in [0.1, 0.15) is 18.2 Å². The van der Waals surface area contributed by atoms with Crippen molar-refractivity contribution in [3.63, 3.8) is 0 Å². The number of carbonyl (C=O) groups is 9. The third kappa shape index (κ3) is 13.1. The first kappa shape index (κ1) is 58.8. The predicted molar refractivity (Wildman–Crippen MR) is 289 cm³/mol. The zero-order chi connectivity index (χ0) is 57.4. The Morgan fingerprint density at radius 1 is 0.887 bits per heavy atom. The summed E-state index contributed by atoms with van der Waals surface area (Å²) in [5.74, 6) is -5.04. The number of ether oxygens (including phenoxy) is 1. The molecule has 0 spiro atoms. The molecule has 1 aliphatic carbocycles. The lowest BCUT2D eigenvalue weighted by Gasteiger charge is -2.31. The van der Waals surface area contributed by atoms with Crippen molar-refractivity contribution in [2.24, 2.45) is 11.8 Å². The number of likely N-dealkylation sites (tertiary alicyclic amines) is 1. The highest BCUT2D eigenvalue weighted by Gasteiger charge is 2.46. The van der Waals surface area contributed by atoms with Crippen molar-refractivity contribution in [3.05, 3.63) is 97.6 Å². The fourth-order valence-electron chi connectivity index (χ4n) is 11.5. The molecule has 0 bridgehead atoms. The molecule has 21 heteroatoms. The zero-order valence-corrected chi connectivity index (χ0v) is 45.6. The molecular formula is C59H70FN7O13. The van der Waals surface area contributed by atoms with Crippen molar-refractivity contribution in [1.82, 2.24) is 35.3 Å². The van der Waals surface area contributed by atoms with Gasteiger partial charge in [-0.05, 0) is 86.7 Å². The molecule has 4 aliphatic rings. The summed E-state index contributed by atoms with van der Waals surface area (Å²) in [6.45, 7) is 4.37. The number of aliphatic hydroxyl groups is 2. The van der Waals surface area contributed by atoms with Crippen molar-refractivity contribution in [2.45, 2.75) is 135 Å². The third-order valence-corrected chi connectivity index (χ3v) is 16.0. The number of amides is 5. The van der Waals surface area contributed by atoms with Crippen LogP contribution in [-0.4, -0.2) is 128 Å². The van der Waals surface area contributed by atoms with Crippen LogP contribution in [-0.2, 0) is 79.5 Å². The van der Waals surface area contributed by atoms with E-state index in [0.29, 0.717) is 77.6 Å². The number of cyclic esters (lactones) is 1. The van der Waals surface area contributed by atoms with Gasteiger partial charge in [0.25, 0.3) is 5.56 Å². The molecule has 5 amide bonds. The van der Waals surface area contributed by atoms with Crippen LogP contribution in [0.4, 0.5) is 4.39 Å². The number of Topliss-reactive ketones (excluding diaryl/α,β-unsaturated/α-hetero) is 3. The van der Waals surface area contributed by atoms with Gasteiger partial charge in [-0.15, -0.1) is 0 Å². The largest absolute Gasteiger partial charge is 0.458 e. The Morgan fingerprint density at radius 3 is 2.36 bits per heavy atom. The van der Waals surface area contributed by atoms with E-state index in [2.05, 4.69) is 16.0 Å². The van der Waals surface area contributed by atoms with Gasteiger partial charge in [-0.1, -0.05) is 50.6 Å². The van der Waals surface area contributed by atoms with Crippen molar-refractivity contribution < 1.29 is 62.5 Å². The Morgan fingerprint density at radius 2 is 1.64 bits per heavy atom. The predicted octanol–water partition coefficient (Wildman–Crippen LogP) is 3.63. The number of imide groups is 1. The van der Waals surface area contributed by atoms with E-state index in [4.69, 9.17) is 9.72 Å². The number of hydrogen-bond donors (Lipinski definition) is 5. The standard InChI is InChI=1S/C59H70FN7O13/c1-4-59(79)44-27-48-54-42(31-67(48)57(77)43(44)33-80-58(59)78)53-46(18-17-41-35(3)45(60)28-47(64-54)52(41)53)63-50(73)32-65(22-23-68)20-11-15-39(70)29-62-55(75)37(25-36-12-7-5-8-13-36)26-40(71)30-61-49(72)19-16-38(69)14-9-6-10-21-66-51(74)24-34(2)56(66)76/h5,7-8,12-13,27-28,34,37,46,68,79H,4,6,9-11,14-26,29-33H2,1-3H3,(H,61,72)(H,62,75)(H,63,73)/t34?,37-,46+,59+/m1/s1. The Kier molecular flexibility index (Phi) is 19.0. The topological polar surface area (TPSA) is 281 Å². The molecule has 5 N–H and O–H groups in total. The molecule has 20 nitrogen and oxygen atoms in total. The number of aliphatic hydroxyl groups excluding tert-OH is 1. The summed E-state index contributed by atoms with van der Waals surface area (Å²) in [7, 11) is 0. The van der Waals surface area contributed by atoms with Crippen molar-refractivity contribution >= 4 is 63.8 Å². The molecule has 4 atom stereocenters. The molecular weight excluding hydrogens is 1030 g/mol. The fourth-order valence-corrected chi connectivity index (χ4v) is 11.5. The number of nitrogens with zero attached hydrogens (tertiary/aromatic N) is 4. The second-order valence-electron chi connectivity index (χ2n) is 21.6. The molecule has 2 aromatic heterocycles. The van der Waals surface area contributed by atoms with Crippen LogP contribution in [0.15, 0.2) is 47.3 Å². The molecule has 0 saturated carbocycles. The van der Waals surface area contributed by atoms with Gasteiger partial charge in [-0.25, -0.2) is 14.2 Å². The Balaban J connectivity index is 0.817. The van der Waals surface area contributed by atoms with Gasteiger partial charge in [0.05, 0.1) is 61.3 Å². The van der Waals surface area contributed by atoms with E-state index >= 15 is 4.39 Å². The van der Waals surface area contributed by atoms with E-state index in [1.54, 1.807) is 43.9 Å². The number of ketones is 3. The molecule has 426 valence electrons. The number of unbranched alkanes of at least 4 members (excludes halogenated alkanes) is 2. The van der Waals surface area contributed by atoms with E-state index in [0.717, 1.165) is 11.1 Å². The number of fused-ring (bicyclic) bond motifs is 5. The number of benzene rings is 2. The van der Waals surface area contributed by atoms with Gasteiger partial charge in [0.15, 0.2) is 17.2 Å². The van der Waals surface area contributed by atoms with Gasteiger partial charge >= 0.3 is 5.97 Å².